The molecule has 0 heterocycles. The quantitative estimate of drug-likeness (QED) is 0.457. The molecule has 0 fully saturated rings. The van der Waals surface area contributed by atoms with Crippen LogP contribution in [-0.4, -0.2) is 28.6 Å². The molecule has 1 atom stereocenters. The van der Waals surface area contributed by atoms with E-state index in [0.717, 1.165) is 0 Å². The molecule has 21 heavy (non-hydrogen) atoms. The van der Waals surface area contributed by atoms with Crippen molar-refractivity contribution in [3.8, 4) is 0 Å². The maximum Gasteiger partial charge on any atom is 0.276 e. The molecule has 1 rings (SSSR count). The molecule has 0 bridgehead atoms. The van der Waals surface area contributed by atoms with E-state index in [-0.39, 0.29) is 17.5 Å². The minimum absolute atomic E-state index is 0.0446. The van der Waals surface area contributed by atoms with Crippen LogP contribution >= 0.6 is 0 Å². The molecular formula is C15H20N2O4. The summed E-state index contributed by atoms with van der Waals surface area (Å²) in [5.74, 6) is -0.200. The number of nitro benzene ring substituents is 1. The van der Waals surface area contributed by atoms with Crippen molar-refractivity contribution in [2.45, 2.75) is 26.4 Å². The molecule has 0 radical (unpaired) electrons. The minimum Gasteiger partial charge on any atom is -0.393 e. The Bertz CT molecular complexity index is 526. The lowest BCUT2D eigenvalue weighted by Gasteiger charge is -2.13. The van der Waals surface area contributed by atoms with E-state index in [1.165, 1.54) is 18.2 Å². The Labute approximate surface area is 123 Å². The summed E-state index contributed by atoms with van der Waals surface area (Å²) in [4.78, 5) is 21.9. The smallest absolute Gasteiger partial charge is 0.276 e. The van der Waals surface area contributed by atoms with Crippen LogP contribution in [0.25, 0.3) is 6.08 Å². The number of hydrogen-bond acceptors (Lipinski definition) is 4. The number of aliphatic hydroxyl groups is 1. The molecule has 1 aromatic rings. The molecule has 2 N–H and O–H groups in total. The first kappa shape index (κ1) is 16.8. The number of benzene rings is 1. The first-order valence-corrected chi connectivity index (χ1v) is 6.79. The normalized spacial score (nSPS) is 12.6. The predicted molar refractivity (Wildman–Crippen MR) is 80.6 cm³/mol. The lowest BCUT2D eigenvalue weighted by molar-refractivity contribution is -0.385. The molecule has 1 unspecified atom stereocenters. The molecule has 6 nitrogen and oxygen atoms in total. The van der Waals surface area contributed by atoms with Gasteiger partial charge in [-0.2, -0.15) is 0 Å². The highest BCUT2D eigenvalue weighted by atomic mass is 16.6. The van der Waals surface area contributed by atoms with Crippen LogP contribution in [0.3, 0.4) is 0 Å². The molecule has 1 amide bonds. The summed E-state index contributed by atoms with van der Waals surface area (Å²) in [6.07, 6.45) is 2.68. The van der Waals surface area contributed by atoms with Gasteiger partial charge in [-0.05, 0) is 24.5 Å². The minimum atomic E-state index is -0.490. The van der Waals surface area contributed by atoms with E-state index in [1.54, 1.807) is 18.2 Å². The van der Waals surface area contributed by atoms with Crippen molar-refractivity contribution in [2.24, 2.45) is 5.92 Å². The van der Waals surface area contributed by atoms with E-state index in [0.29, 0.717) is 18.5 Å². The largest absolute Gasteiger partial charge is 0.393 e. The van der Waals surface area contributed by atoms with Gasteiger partial charge < -0.3 is 10.4 Å². The van der Waals surface area contributed by atoms with Gasteiger partial charge in [0.2, 0.25) is 5.91 Å². The fourth-order valence-electron chi connectivity index (χ4n) is 1.70. The molecule has 114 valence electrons. The number of hydrogen-bond donors (Lipinski definition) is 2. The summed E-state index contributed by atoms with van der Waals surface area (Å²) in [5, 5.41) is 23.1. The van der Waals surface area contributed by atoms with Gasteiger partial charge in [-0.25, -0.2) is 0 Å². The van der Waals surface area contributed by atoms with E-state index in [1.807, 2.05) is 13.8 Å². The van der Waals surface area contributed by atoms with Gasteiger partial charge in [0.15, 0.2) is 0 Å². The van der Waals surface area contributed by atoms with Gasteiger partial charge in [-0.15, -0.1) is 0 Å². The second kappa shape index (κ2) is 8.16. The lowest BCUT2D eigenvalue weighted by Crippen LogP contribution is -2.27. The summed E-state index contributed by atoms with van der Waals surface area (Å²) in [5.41, 5.74) is 0.330. The van der Waals surface area contributed by atoms with Crippen LogP contribution in [0.15, 0.2) is 30.3 Å². The molecule has 0 aliphatic rings. The summed E-state index contributed by atoms with van der Waals surface area (Å²) in [6.45, 7) is 4.17. The average Bonchev–Trinajstić information content (AvgIpc) is 2.45. The molecular weight excluding hydrogens is 272 g/mol. The molecule has 1 aromatic carbocycles. The van der Waals surface area contributed by atoms with Crippen molar-refractivity contribution in [1.29, 1.82) is 0 Å². The highest BCUT2D eigenvalue weighted by Crippen LogP contribution is 2.18. The third kappa shape index (κ3) is 5.74. The molecule has 0 spiro atoms. The number of rotatable bonds is 7. The van der Waals surface area contributed by atoms with Gasteiger partial charge in [0, 0.05) is 18.7 Å². The van der Waals surface area contributed by atoms with Crippen LogP contribution in [0.5, 0.6) is 0 Å². The van der Waals surface area contributed by atoms with Crippen molar-refractivity contribution in [2.75, 3.05) is 6.54 Å². The Balaban J connectivity index is 2.53. The van der Waals surface area contributed by atoms with Gasteiger partial charge in [0.25, 0.3) is 5.69 Å². The highest BCUT2D eigenvalue weighted by Gasteiger charge is 2.10. The standard InChI is InChI=1S/C15H20N2O4/c1-11(2)14(18)9-10-16-15(19)8-7-12-5-3-4-6-13(12)17(20)21/h3-8,11,14,18H,9-10H2,1-2H3,(H,16,19). The van der Waals surface area contributed by atoms with E-state index < -0.39 is 11.0 Å². The number of nitrogens with zero attached hydrogens (tertiary/aromatic N) is 1. The maximum absolute atomic E-state index is 11.6. The average molecular weight is 292 g/mol. The zero-order chi connectivity index (χ0) is 15.8. The Morgan fingerprint density at radius 2 is 2.10 bits per heavy atom. The molecule has 0 saturated heterocycles. The topological polar surface area (TPSA) is 92.5 Å². The third-order valence-corrected chi connectivity index (χ3v) is 3.06. The van der Waals surface area contributed by atoms with Crippen molar-refractivity contribution >= 4 is 17.7 Å². The van der Waals surface area contributed by atoms with Gasteiger partial charge >= 0.3 is 0 Å². The van der Waals surface area contributed by atoms with E-state index in [9.17, 15) is 20.0 Å². The maximum atomic E-state index is 11.6. The van der Waals surface area contributed by atoms with Gasteiger partial charge in [0.1, 0.15) is 0 Å². The van der Waals surface area contributed by atoms with E-state index in [4.69, 9.17) is 0 Å². The van der Waals surface area contributed by atoms with E-state index in [2.05, 4.69) is 5.32 Å². The Hall–Kier alpha value is -2.21. The zero-order valence-corrected chi connectivity index (χ0v) is 12.2. The first-order chi connectivity index (χ1) is 9.91. The van der Waals surface area contributed by atoms with Crippen LogP contribution in [0.4, 0.5) is 5.69 Å². The van der Waals surface area contributed by atoms with Gasteiger partial charge in [0.05, 0.1) is 16.6 Å². The molecule has 0 saturated carbocycles. The highest BCUT2D eigenvalue weighted by molar-refractivity contribution is 5.92. The third-order valence-electron chi connectivity index (χ3n) is 3.06. The fourth-order valence-corrected chi connectivity index (χ4v) is 1.70. The van der Waals surface area contributed by atoms with Crippen LogP contribution in [0, 0.1) is 16.0 Å². The fraction of sp³-hybridized carbons (Fsp3) is 0.400. The molecule has 0 aromatic heterocycles. The van der Waals surface area contributed by atoms with Crippen molar-refractivity contribution < 1.29 is 14.8 Å². The second-order valence-electron chi connectivity index (χ2n) is 5.04. The number of carbonyl (C=O) groups excluding carboxylic acids is 1. The number of amides is 1. The summed E-state index contributed by atoms with van der Waals surface area (Å²) in [6, 6.07) is 6.20. The van der Waals surface area contributed by atoms with Crippen LogP contribution in [-0.2, 0) is 4.79 Å². The van der Waals surface area contributed by atoms with Crippen molar-refractivity contribution in [1.82, 2.24) is 5.32 Å². The number of para-hydroxylation sites is 1. The molecule has 0 aliphatic heterocycles. The SMILES string of the molecule is CC(C)C(O)CCNC(=O)C=Cc1ccccc1[N+](=O)[O-]. The Kier molecular flexibility index (Phi) is 6.55. The number of aliphatic hydroxyl groups excluding tert-OH is 1. The Morgan fingerprint density at radius 1 is 1.43 bits per heavy atom. The van der Waals surface area contributed by atoms with Gasteiger partial charge in [-0.1, -0.05) is 26.0 Å². The van der Waals surface area contributed by atoms with E-state index >= 15 is 0 Å². The number of nitro groups is 1. The summed E-state index contributed by atoms with van der Waals surface area (Å²) < 4.78 is 0. The van der Waals surface area contributed by atoms with Gasteiger partial charge in [-0.3, -0.25) is 14.9 Å². The monoisotopic (exact) mass is 292 g/mol. The molecule has 6 heteroatoms. The van der Waals surface area contributed by atoms with Crippen LogP contribution < -0.4 is 5.32 Å². The zero-order valence-electron chi connectivity index (χ0n) is 12.2. The second-order valence-corrected chi connectivity index (χ2v) is 5.04. The van der Waals surface area contributed by atoms with Crippen molar-refractivity contribution in [3.05, 3.63) is 46.0 Å². The number of carbonyl (C=O) groups is 1. The molecule has 0 aliphatic carbocycles. The van der Waals surface area contributed by atoms with Crippen molar-refractivity contribution in [3.63, 3.8) is 0 Å². The lowest BCUT2D eigenvalue weighted by atomic mass is 10.0. The van der Waals surface area contributed by atoms with Crippen LogP contribution in [0.2, 0.25) is 0 Å². The predicted octanol–water partition coefficient (Wildman–Crippen LogP) is 2.13. The summed E-state index contributed by atoms with van der Waals surface area (Å²) in [7, 11) is 0. The first-order valence-electron chi connectivity index (χ1n) is 6.79. The number of nitrogens with one attached hydrogen (secondary N) is 1. The van der Waals surface area contributed by atoms with Crippen LogP contribution in [0.1, 0.15) is 25.8 Å². The Morgan fingerprint density at radius 3 is 2.71 bits per heavy atom. The summed E-state index contributed by atoms with van der Waals surface area (Å²) >= 11 is 0.